The Hall–Kier alpha value is -1.09. The SMILES string of the molecule is OCc1cccc(-c2cccc(Cl)c2Cl)c1F. The van der Waals surface area contributed by atoms with E-state index in [9.17, 15) is 4.39 Å². The summed E-state index contributed by atoms with van der Waals surface area (Å²) in [4.78, 5) is 0. The summed E-state index contributed by atoms with van der Waals surface area (Å²) in [6.45, 7) is -0.349. The topological polar surface area (TPSA) is 20.2 Å². The van der Waals surface area contributed by atoms with E-state index >= 15 is 0 Å². The van der Waals surface area contributed by atoms with Crippen molar-refractivity contribution in [2.45, 2.75) is 6.61 Å². The number of aliphatic hydroxyl groups excluding tert-OH is 1. The zero-order valence-electron chi connectivity index (χ0n) is 8.75. The fourth-order valence-corrected chi connectivity index (χ4v) is 2.02. The van der Waals surface area contributed by atoms with Gasteiger partial charge in [0.05, 0.1) is 16.7 Å². The van der Waals surface area contributed by atoms with Crippen LogP contribution in [0.3, 0.4) is 0 Å². The third-order valence-electron chi connectivity index (χ3n) is 2.49. The minimum Gasteiger partial charge on any atom is -0.392 e. The van der Waals surface area contributed by atoms with Gasteiger partial charge >= 0.3 is 0 Å². The first-order chi connectivity index (χ1) is 8.15. The van der Waals surface area contributed by atoms with E-state index in [1.54, 1.807) is 30.3 Å². The molecule has 0 aromatic heterocycles. The lowest BCUT2D eigenvalue weighted by molar-refractivity contribution is 0.276. The van der Waals surface area contributed by atoms with Crippen LogP contribution in [0, 0.1) is 5.82 Å². The fraction of sp³-hybridized carbons (Fsp3) is 0.0769. The van der Waals surface area contributed by atoms with Gasteiger partial charge in [-0.3, -0.25) is 0 Å². The molecule has 0 spiro atoms. The highest BCUT2D eigenvalue weighted by Gasteiger charge is 2.13. The lowest BCUT2D eigenvalue weighted by atomic mass is 10.0. The van der Waals surface area contributed by atoms with E-state index in [2.05, 4.69) is 0 Å². The van der Waals surface area contributed by atoms with Gasteiger partial charge in [-0.15, -0.1) is 0 Å². The molecule has 4 heteroatoms. The van der Waals surface area contributed by atoms with E-state index in [0.29, 0.717) is 21.2 Å². The molecule has 0 saturated heterocycles. The first kappa shape index (κ1) is 12.4. The lowest BCUT2D eigenvalue weighted by Gasteiger charge is -2.09. The van der Waals surface area contributed by atoms with Crippen LogP contribution in [0.2, 0.25) is 10.0 Å². The normalized spacial score (nSPS) is 10.6. The second kappa shape index (κ2) is 5.05. The lowest BCUT2D eigenvalue weighted by Crippen LogP contribution is -1.93. The average molecular weight is 271 g/mol. The van der Waals surface area contributed by atoms with E-state index in [1.807, 2.05) is 0 Å². The highest BCUT2D eigenvalue weighted by molar-refractivity contribution is 6.43. The van der Waals surface area contributed by atoms with Gasteiger partial charge in [-0.25, -0.2) is 4.39 Å². The maximum absolute atomic E-state index is 14.0. The molecule has 0 amide bonds. The molecular formula is C13H9Cl2FO. The summed E-state index contributed by atoms with van der Waals surface area (Å²) >= 11 is 11.9. The van der Waals surface area contributed by atoms with E-state index in [4.69, 9.17) is 28.3 Å². The molecule has 0 fully saturated rings. The fourth-order valence-electron chi connectivity index (χ4n) is 1.62. The molecule has 0 saturated carbocycles. The number of halogens is 3. The van der Waals surface area contributed by atoms with Crippen LogP contribution in [-0.2, 0) is 6.61 Å². The molecular weight excluding hydrogens is 262 g/mol. The number of hydrogen-bond acceptors (Lipinski definition) is 1. The summed E-state index contributed by atoms with van der Waals surface area (Å²) < 4.78 is 14.0. The molecule has 0 aliphatic carbocycles. The van der Waals surface area contributed by atoms with Crippen LogP contribution >= 0.6 is 23.2 Å². The van der Waals surface area contributed by atoms with Crippen molar-refractivity contribution in [2.75, 3.05) is 0 Å². The standard InChI is InChI=1S/C13H9Cl2FO/c14-11-6-2-4-9(12(11)15)10-5-1-3-8(7-17)13(10)16/h1-6,17H,7H2. The molecule has 0 radical (unpaired) electrons. The monoisotopic (exact) mass is 270 g/mol. The van der Waals surface area contributed by atoms with Crippen LogP contribution < -0.4 is 0 Å². The smallest absolute Gasteiger partial charge is 0.136 e. The average Bonchev–Trinajstić information content (AvgIpc) is 2.33. The Morgan fingerprint density at radius 3 is 2.35 bits per heavy atom. The number of benzene rings is 2. The van der Waals surface area contributed by atoms with Crippen LogP contribution in [-0.4, -0.2) is 5.11 Å². The molecule has 0 atom stereocenters. The zero-order chi connectivity index (χ0) is 12.4. The predicted molar refractivity (Wildman–Crippen MR) is 67.8 cm³/mol. The minimum atomic E-state index is -0.473. The second-order valence-electron chi connectivity index (χ2n) is 3.54. The van der Waals surface area contributed by atoms with E-state index in [0.717, 1.165) is 0 Å². The van der Waals surface area contributed by atoms with E-state index < -0.39 is 5.82 Å². The van der Waals surface area contributed by atoms with Gasteiger partial charge in [0.25, 0.3) is 0 Å². The van der Waals surface area contributed by atoms with Crippen LogP contribution in [0.1, 0.15) is 5.56 Å². The van der Waals surface area contributed by atoms with Gasteiger partial charge in [0.1, 0.15) is 5.82 Å². The maximum atomic E-state index is 14.0. The van der Waals surface area contributed by atoms with Crippen LogP contribution in [0.15, 0.2) is 36.4 Å². The molecule has 88 valence electrons. The molecule has 2 rings (SSSR count). The van der Waals surface area contributed by atoms with Crippen LogP contribution in [0.4, 0.5) is 4.39 Å². The highest BCUT2D eigenvalue weighted by Crippen LogP contribution is 2.35. The minimum absolute atomic E-state index is 0.235. The van der Waals surface area contributed by atoms with Gasteiger partial charge in [0, 0.05) is 16.7 Å². The summed E-state index contributed by atoms with van der Waals surface area (Å²) in [5.74, 6) is -0.473. The summed E-state index contributed by atoms with van der Waals surface area (Å²) in [5.41, 5.74) is 1.09. The maximum Gasteiger partial charge on any atom is 0.136 e. The summed E-state index contributed by atoms with van der Waals surface area (Å²) in [6, 6.07) is 9.83. The molecule has 0 aliphatic rings. The van der Waals surface area contributed by atoms with Gasteiger partial charge in [0.15, 0.2) is 0 Å². The van der Waals surface area contributed by atoms with Crippen molar-refractivity contribution in [3.8, 4) is 11.1 Å². The molecule has 1 N–H and O–H groups in total. The van der Waals surface area contributed by atoms with Crippen molar-refractivity contribution in [1.82, 2.24) is 0 Å². The predicted octanol–water partition coefficient (Wildman–Crippen LogP) is 4.29. The van der Waals surface area contributed by atoms with E-state index in [-0.39, 0.29) is 12.2 Å². The Morgan fingerprint density at radius 2 is 1.65 bits per heavy atom. The highest BCUT2D eigenvalue weighted by atomic mass is 35.5. The van der Waals surface area contributed by atoms with Gasteiger partial charge in [0.2, 0.25) is 0 Å². The van der Waals surface area contributed by atoms with Crippen molar-refractivity contribution in [3.05, 3.63) is 57.8 Å². The third-order valence-corrected chi connectivity index (χ3v) is 3.31. The van der Waals surface area contributed by atoms with Crippen molar-refractivity contribution >= 4 is 23.2 Å². The quantitative estimate of drug-likeness (QED) is 0.863. The molecule has 0 aliphatic heterocycles. The first-order valence-electron chi connectivity index (χ1n) is 4.97. The molecule has 17 heavy (non-hydrogen) atoms. The summed E-state index contributed by atoms with van der Waals surface area (Å²) in [7, 11) is 0. The van der Waals surface area contributed by atoms with Crippen molar-refractivity contribution in [3.63, 3.8) is 0 Å². The van der Waals surface area contributed by atoms with Crippen molar-refractivity contribution < 1.29 is 9.50 Å². The molecule has 2 aromatic rings. The van der Waals surface area contributed by atoms with Gasteiger partial charge in [-0.2, -0.15) is 0 Å². The van der Waals surface area contributed by atoms with Gasteiger partial charge in [-0.1, -0.05) is 53.5 Å². The first-order valence-corrected chi connectivity index (χ1v) is 5.73. The Labute approximate surface area is 108 Å². The van der Waals surface area contributed by atoms with Crippen LogP contribution in [0.25, 0.3) is 11.1 Å². The number of rotatable bonds is 2. The molecule has 2 aromatic carbocycles. The molecule has 0 heterocycles. The van der Waals surface area contributed by atoms with Gasteiger partial charge < -0.3 is 5.11 Å². The van der Waals surface area contributed by atoms with E-state index in [1.165, 1.54) is 6.07 Å². The van der Waals surface area contributed by atoms with Crippen LogP contribution in [0.5, 0.6) is 0 Å². The molecule has 0 bridgehead atoms. The number of hydrogen-bond donors (Lipinski definition) is 1. The Kier molecular flexibility index (Phi) is 3.67. The molecule has 1 nitrogen and oxygen atoms in total. The summed E-state index contributed by atoms with van der Waals surface area (Å²) in [5, 5.41) is 9.70. The van der Waals surface area contributed by atoms with Crippen molar-refractivity contribution in [2.24, 2.45) is 0 Å². The number of aliphatic hydroxyl groups is 1. The molecule has 0 unspecified atom stereocenters. The zero-order valence-corrected chi connectivity index (χ0v) is 10.3. The Morgan fingerprint density at radius 1 is 1.00 bits per heavy atom. The summed E-state index contributed by atoms with van der Waals surface area (Å²) in [6.07, 6.45) is 0. The Balaban J connectivity index is 2.65. The largest absolute Gasteiger partial charge is 0.392 e. The van der Waals surface area contributed by atoms with Gasteiger partial charge in [-0.05, 0) is 6.07 Å². The third kappa shape index (κ3) is 2.29. The Bertz CT molecular complexity index is 555. The second-order valence-corrected chi connectivity index (χ2v) is 4.32. The van der Waals surface area contributed by atoms with Crippen molar-refractivity contribution in [1.29, 1.82) is 0 Å².